The molecule has 0 saturated carbocycles. The van der Waals surface area contributed by atoms with E-state index < -0.39 is 28.7 Å². The van der Waals surface area contributed by atoms with E-state index in [9.17, 15) is 23.5 Å². The number of aliphatic carboxylic acids is 1. The highest BCUT2D eigenvalue weighted by Crippen LogP contribution is 2.31. The Morgan fingerprint density at radius 1 is 1.44 bits per heavy atom. The predicted octanol–water partition coefficient (Wildman–Crippen LogP) is 1.74. The first kappa shape index (κ1) is 14.1. The Balaban J connectivity index is 3.55. The third-order valence-electron chi connectivity index (χ3n) is 2.91. The number of amides is 1. The zero-order valence-corrected chi connectivity index (χ0v) is 9.98. The summed E-state index contributed by atoms with van der Waals surface area (Å²) in [6, 6.07) is 3.05. The van der Waals surface area contributed by atoms with Gasteiger partial charge in [-0.1, -0.05) is 6.07 Å². The fourth-order valence-corrected chi connectivity index (χ4v) is 1.83. The Morgan fingerprint density at radius 3 is 2.28 bits per heavy atom. The minimum absolute atomic E-state index is 0.0140. The largest absolute Gasteiger partial charge is 0.479 e. The maximum absolute atomic E-state index is 13.7. The van der Waals surface area contributed by atoms with E-state index in [1.807, 2.05) is 0 Å². The van der Waals surface area contributed by atoms with Crippen molar-refractivity contribution < 1.29 is 23.5 Å². The van der Waals surface area contributed by atoms with Gasteiger partial charge in [0.25, 0.3) is 0 Å². The first-order valence-electron chi connectivity index (χ1n) is 5.29. The number of hydrogen-bond donors (Lipinski definition) is 1. The molecule has 0 bridgehead atoms. The van der Waals surface area contributed by atoms with Crippen molar-refractivity contribution in [3.05, 3.63) is 35.4 Å². The number of carboxylic acids is 1. The molecule has 0 aliphatic rings. The van der Waals surface area contributed by atoms with Crippen LogP contribution in [-0.4, -0.2) is 28.9 Å². The smallest absolute Gasteiger partial charge is 0.334 e. The van der Waals surface area contributed by atoms with Crippen LogP contribution >= 0.6 is 0 Å². The number of carboxylic acid groups (broad SMARTS) is 1. The molecule has 0 heterocycles. The summed E-state index contributed by atoms with van der Waals surface area (Å²) >= 11 is 0. The number of carbonyl (C=O) groups is 2. The van der Waals surface area contributed by atoms with E-state index in [2.05, 4.69) is 0 Å². The minimum Gasteiger partial charge on any atom is -0.479 e. The van der Waals surface area contributed by atoms with Gasteiger partial charge in [0, 0.05) is 6.54 Å². The van der Waals surface area contributed by atoms with Crippen LogP contribution in [0.25, 0.3) is 0 Å². The number of halogens is 2. The van der Waals surface area contributed by atoms with Crippen molar-refractivity contribution in [1.29, 1.82) is 0 Å². The molecule has 0 fully saturated rings. The summed E-state index contributed by atoms with van der Waals surface area (Å²) < 4.78 is 27.4. The van der Waals surface area contributed by atoms with Crippen molar-refractivity contribution in [2.75, 3.05) is 6.54 Å². The molecule has 1 aromatic rings. The third-order valence-corrected chi connectivity index (χ3v) is 2.91. The maximum atomic E-state index is 13.7. The molecule has 18 heavy (non-hydrogen) atoms. The second-order valence-electron chi connectivity index (χ2n) is 3.87. The summed E-state index contributed by atoms with van der Waals surface area (Å²) in [6.07, 6.45) is 0.264. The van der Waals surface area contributed by atoms with E-state index in [1.54, 1.807) is 0 Å². The van der Waals surface area contributed by atoms with Crippen LogP contribution in [0.4, 0.5) is 8.78 Å². The molecule has 6 heteroatoms. The van der Waals surface area contributed by atoms with Crippen molar-refractivity contribution in [2.45, 2.75) is 19.4 Å². The number of hydrogen-bond acceptors (Lipinski definition) is 2. The van der Waals surface area contributed by atoms with E-state index in [0.29, 0.717) is 0 Å². The molecule has 1 rings (SSSR count). The van der Waals surface area contributed by atoms with Gasteiger partial charge in [0.1, 0.15) is 11.6 Å². The zero-order valence-electron chi connectivity index (χ0n) is 9.98. The lowest BCUT2D eigenvalue weighted by atomic mass is 9.89. The number of likely N-dealkylation sites (N-methyl/N-ethyl adjacent to an activating group) is 1. The van der Waals surface area contributed by atoms with Crippen LogP contribution in [0, 0.1) is 11.6 Å². The van der Waals surface area contributed by atoms with E-state index in [4.69, 9.17) is 0 Å². The second-order valence-corrected chi connectivity index (χ2v) is 3.87. The van der Waals surface area contributed by atoms with Gasteiger partial charge in [0.15, 0.2) is 5.54 Å². The maximum Gasteiger partial charge on any atom is 0.334 e. The average Bonchev–Trinajstić information content (AvgIpc) is 2.29. The van der Waals surface area contributed by atoms with Crippen LogP contribution in [-0.2, 0) is 15.1 Å². The van der Waals surface area contributed by atoms with Gasteiger partial charge >= 0.3 is 5.97 Å². The molecule has 0 aliphatic carbocycles. The molecule has 0 radical (unpaired) electrons. The first-order valence-corrected chi connectivity index (χ1v) is 5.29. The first-order chi connectivity index (χ1) is 8.39. The number of rotatable bonds is 5. The Kier molecular flexibility index (Phi) is 4.00. The molecular formula is C12H13F2NO3. The highest BCUT2D eigenvalue weighted by Gasteiger charge is 2.44. The molecule has 1 N–H and O–H groups in total. The van der Waals surface area contributed by atoms with Gasteiger partial charge in [0.05, 0.1) is 5.56 Å². The predicted molar refractivity (Wildman–Crippen MR) is 59.8 cm³/mol. The SMILES string of the molecule is CCN(C=O)C(C)(C(=O)O)c1c(F)cccc1F. The lowest BCUT2D eigenvalue weighted by Crippen LogP contribution is -2.50. The lowest BCUT2D eigenvalue weighted by molar-refractivity contribution is -0.155. The van der Waals surface area contributed by atoms with E-state index in [1.165, 1.54) is 6.92 Å². The van der Waals surface area contributed by atoms with E-state index in [0.717, 1.165) is 30.0 Å². The summed E-state index contributed by atoms with van der Waals surface area (Å²) in [5.41, 5.74) is -2.72. The highest BCUT2D eigenvalue weighted by molar-refractivity contribution is 5.83. The number of benzene rings is 1. The van der Waals surface area contributed by atoms with E-state index >= 15 is 0 Å². The summed E-state index contributed by atoms with van der Waals surface area (Å²) in [4.78, 5) is 23.1. The Bertz CT molecular complexity index is 458. The van der Waals surface area contributed by atoms with E-state index in [-0.39, 0.29) is 13.0 Å². The van der Waals surface area contributed by atoms with Gasteiger partial charge in [0.2, 0.25) is 6.41 Å². The van der Waals surface area contributed by atoms with Gasteiger partial charge < -0.3 is 10.0 Å². The standard InChI is InChI=1S/C12H13F2NO3/c1-3-15(7-16)12(2,11(17)18)10-8(13)5-4-6-9(10)14/h4-7H,3H2,1-2H3,(H,17,18). The van der Waals surface area contributed by atoms with Crippen LogP contribution in [0.15, 0.2) is 18.2 Å². The normalized spacial score (nSPS) is 13.8. The lowest BCUT2D eigenvalue weighted by Gasteiger charge is -2.35. The molecule has 0 aromatic heterocycles. The number of nitrogens with zero attached hydrogens (tertiary/aromatic N) is 1. The summed E-state index contributed by atoms with van der Waals surface area (Å²) in [5, 5.41) is 9.23. The Hall–Kier alpha value is -1.98. The Morgan fingerprint density at radius 2 is 1.94 bits per heavy atom. The van der Waals surface area contributed by atoms with Gasteiger partial charge in [-0.15, -0.1) is 0 Å². The summed E-state index contributed by atoms with van der Waals surface area (Å²) in [5.74, 6) is -3.50. The second kappa shape index (κ2) is 5.12. The van der Waals surface area contributed by atoms with Gasteiger partial charge in [-0.3, -0.25) is 4.79 Å². The van der Waals surface area contributed by atoms with Crippen LogP contribution in [0.5, 0.6) is 0 Å². The van der Waals surface area contributed by atoms with Crippen LogP contribution < -0.4 is 0 Å². The molecular weight excluding hydrogens is 244 g/mol. The molecule has 98 valence electrons. The van der Waals surface area contributed by atoms with Crippen molar-refractivity contribution in [2.24, 2.45) is 0 Å². The molecule has 1 unspecified atom stereocenters. The third kappa shape index (κ3) is 2.05. The molecule has 1 amide bonds. The van der Waals surface area contributed by atoms with Crippen LogP contribution in [0.1, 0.15) is 19.4 Å². The fraction of sp³-hybridized carbons (Fsp3) is 0.333. The van der Waals surface area contributed by atoms with Gasteiger partial charge in [-0.05, 0) is 26.0 Å². The molecule has 1 aromatic carbocycles. The van der Waals surface area contributed by atoms with Gasteiger partial charge in [-0.25, -0.2) is 13.6 Å². The fourth-order valence-electron chi connectivity index (χ4n) is 1.83. The minimum atomic E-state index is -2.08. The zero-order chi connectivity index (χ0) is 13.9. The quantitative estimate of drug-likeness (QED) is 0.817. The summed E-state index contributed by atoms with van der Waals surface area (Å²) in [7, 11) is 0. The molecule has 0 aliphatic heterocycles. The van der Waals surface area contributed by atoms with Crippen LogP contribution in [0.2, 0.25) is 0 Å². The van der Waals surface area contributed by atoms with Crippen molar-refractivity contribution in [3.8, 4) is 0 Å². The van der Waals surface area contributed by atoms with Crippen molar-refractivity contribution in [3.63, 3.8) is 0 Å². The van der Waals surface area contributed by atoms with Crippen molar-refractivity contribution >= 4 is 12.4 Å². The topological polar surface area (TPSA) is 57.6 Å². The van der Waals surface area contributed by atoms with Crippen molar-refractivity contribution in [1.82, 2.24) is 4.90 Å². The molecule has 1 atom stereocenters. The number of carbonyl (C=O) groups excluding carboxylic acids is 1. The monoisotopic (exact) mass is 257 g/mol. The average molecular weight is 257 g/mol. The molecule has 0 saturated heterocycles. The van der Waals surface area contributed by atoms with Crippen LogP contribution in [0.3, 0.4) is 0 Å². The Labute approximate surface area is 103 Å². The van der Waals surface area contributed by atoms with Gasteiger partial charge in [-0.2, -0.15) is 0 Å². The molecule has 4 nitrogen and oxygen atoms in total. The molecule has 0 spiro atoms. The summed E-state index contributed by atoms with van der Waals surface area (Å²) in [6.45, 7) is 2.63. The highest BCUT2D eigenvalue weighted by atomic mass is 19.1.